The molecule has 3 N–H and O–H groups in total. The highest BCUT2D eigenvalue weighted by molar-refractivity contribution is 7.47. The number of aliphatic hydroxyl groups is 1. The first-order chi connectivity index (χ1) is 49.4. The van der Waals surface area contributed by atoms with E-state index in [9.17, 15) is 43.2 Å². The van der Waals surface area contributed by atoms with Crippen molar-refractivity contribution in [3.05, 3.63) is 0 Å². The molecule has 0 heterocycles. The summed E-state index contributed by atoms with van der Waals surface area (Å²) in [5.41, 5.74) is 0. The third-order valence-electron chi connectivity index (χ3n) is 20.2. The van der Waals surface area contributed by atoms with Crippen LogP contribution in [0, 0.1) is 11.8 Å². The van der Waals surface area contributed by atoms with Crippen molar-refractivity contribution < 1.29 is 80.2 Å². The molecule has 0 saturated heterocycles. The fourth-order valence-electron chi connectivity index (χ4n) is 12.8. The lowest BCUT2D eigenvalue weighted by atomic mass is 9.99. The van der Waals surface area contributed by atoms with Crippen LogP contribution in [0.2, 0.25) is 0 Å². The summed E-state index contributed by atoms with van der Waals surface area (Å²) in [5, 5.41) is 10.7. The molecule has 0 bridgehead atoms. The molecule has 0 amide bonds. The molecule has 0 aromatic rings. The summed E-state index contributed by atoms with van der Waals surface area (Å²) >= 11 is 0. The summed E-state index contributed by atoms with van der Waals surface area (Å²) in [6.45, 7) is 9.68. The van der Waals surface area contributed by atoms with Gasteiger partial charge >= 0.3 is 39.5 Å². The maximum atomic E-state index is 13.1. The van der Waals surface area contributed by atoms with Crippen molar-refractivity contribution in [1.29, 1.82) is 0 Å². The smallest absolute Gasteiger partial charge is 0.462 e. The van der Waals surface area contributed by atoms with Gasteiger partial charge in [0.2, 0.25) is 0 Å². The summed E-state index contributed by atoms with van der Waals surface area (Å²) in [4.78, 5) is 73.1. The van der Waals surface area contributed by atoms with Gasteiger partial charge in [-0.1, -0.05) is 388 Å². The molecule has 0 aromatic heterocycles. The second-order valence-electron chi connectivity index (χ2n) is 30.4. The predicted octanol–water partition coefficient (Wildman–Crippen LogP) is 25.1. The Labute approximate surface area is 626 Å². The number of hydrogen-bond donors (Lipinski definition) is 3. The largest absolute Gasteiger partial charge is 0.472 e. The van der Waals surface area contributed by atoms with Crippen molar-refractivity contribution in [1.82, 2.24) is 0 Å². The summed E-state index contributed by atoms with van der Waals surface area (Å²) in [5.74, 6) is -0.504. The van der Waals surface area contributed by atoms with Crippen LogP contribution >= 0.6 is 15.6 Å². The Kier molecular flexibility index (Phi) is 73.1. The molecule has 0 aliphatic carbocycles. The first-order valence-corrected chi connectivity index (χ1v) is 46.1. The zero-order chi connectivity index (χ0) is 74.9. The van der Waals surface area contributed by atoms with Gasteiger partial charge in [0.25, 0.3) is 0 Å². The number of phosphoric acid groups is 2. The molecule has 0 aliphatic rings. The lowest BCUT2D eigenvalue weighted by Gasteiger charge is -2.21. The van der Waals surface area contributed by atoms with Crippen LogP contribution in [0.5, 0.6) is 0 Å². The topological polar surface area (TPSA) is 237 Å². The van der Waals surface area contributed by atoms with Crippen LogP contribution in [0.15, 0.2) is 0 Å². The number of phosphoric ester groups is 2. The highest BCUT2D eigenvalue weighted by atomic mass is 31.2. The molecule has 17 nitrogen and oxygen atoms in total. The minimum absolute atomic E-state index is 0.107. The van der Waals surface area contributed by atoms with E-state index < -0.39 is 97.5 Å². The van der Waals surface area contributed by atoms with E-state index in [0.29, 0.717) is 25.7 Å². The first kappa shape index (κ1) is 100. The minimum atomic E-state index is -4.96. The number of unbranched alkanes of at least 4 members (excludes halogenated alkanes) is 50. The summed E-state index contributed by atoms with van der Waals surface area (Å²) in [7, 11) is -9.92. The van der Waals surface area contributed by atoms with Gasteiger partial charge in [0, 0.05) is 25.7 Å². The lowest BCUT2D eigenvalue weighted by molar-refractivity contribution is -0.161. The number of ether oxygens (including phenoxy) is 4. The van der Waals surface area contributed by atoms with Gasteiger partial charge in [0.15, 0.2) is 12.2 Å². The summed E-state index contributed by atoms with van der Waals surface area (Å²) in [6.07, 6.45) is 65.2. The third kappa shape index (κ3) is 73.6. The van der Waals surface area contributed by atoms with E-state index in [1.807, 2.05) is 0 Å². The van der Waals surface area contributed by atoms with E-state index in [4.69, 9.17) is 37.0 Å². The number of rotatable bonds is 82. The van der Waals surface area contributed by atoms with Crippen molar-refractivity contribution in [3.63, 3.8) is 0 Å². The van der Waals surface area contributed by atoms with Gasteiger partial charge in [0.05, 0.1) is 26.4 Å². The maximum Gasteiger partial charge on any atom is 0.472 e. The van der Waals surface area contributed by atoms with Crippen LogP contribution in [-0.4, -0.2) is 96.7 Å². The monoisotopic (exact) mass is 1490 g/mol. The van der Waals surface area contributed by atoms with Gasteiger partial charge in [-0.2, -0.15) is 0 Å². The number of carbonyl (C=O) groups excluding carboxylic acids is 4. The molecule has 0 spiro atoms. The third-order valence-corrected chi connectivity index (χ3v) is 22.1. The Bertz CT molecular complexity index is 1960. The standard InChI is InChI=1S/C83H162O17P2/c1-7-11-13-15-17-19-21-23-29-34-38-42-46-53-59-65-80(85)93-71-78(99-82(87)67-62-56-48-44-40-36-32-28-26-25-27-31-33-37-41-45-51-57-63-75(5)9-3)73-97-101(89,90)95-69-77(84)70-96-102(91,92)98-74-79(72-94-81(86)66-60-54-50-49-52-58-64-76(6)10-4)100-83(88)68-61-55-47-43-39-35-30-24-22-20-18-16-14-12-8-2/h75-79,84H,7-74H2,1-6H3,(H,89,90)(H,91,92)/t75?,76?,77-,78-,79-/m1/s1. The molecule has 0 radical (unpaired) electrons. The molecule has 606 valence electrons. The lowest BCUT2D eigenvalue weighted by Crippen LogP contribution is -2.30. The van der Waals surface area contributed by atoms with E-state index in [1.54, 1.807) is 0 Å². The predicted molar refractivity (Wildman–Crippen MR) is 418 cm³/mol. The average Bonchev–Trinajstić information content (AvgIpc) is 1.01. The Morgan fingerprint density at radius 1 is 0.275 bits per heavy atom. The average molecular weight is 1490 g/mol. The molecule has 0 aromatic carbocycles. The molecule has 4 unspecified atom stereocenters. The zero-order valence-electron chi connectivity index (χ0n) is 66.9. The Morgan fingerprint density at radius 3 is 0.696 bits per heavy atom. The van der Waals surface area contributed by atoms with Crippen LogP contribution in [0.25, 0.3) is 0 Å². The number of esters is 4. The van der Waals surface area contributed by atoms with Gasteiger partial charge in [-0.15, -0.1) is 0 Å². The summed E-state index contributed by atoms with van der Waals surface area (Å²) < 4.78 is 68.8. The molecule has 102 heavy (non-hydrogen) atoms. The van der Waals surface area contributed by atoms with Gasteiger partial charge < -0.3 is 33.8 Å². The van der Waals surface area contributed by atoms with Crippen molar-refractivity contribution in [2.45, 2.75) is 458 Å². The normalized spacial score (nSPS) is 14.4. The van der Waals surface area contributed by atoms with E-state index in [1.165, 1.54) is 250 Å². The molecular formula is C83H162O17P2. The van der Waals surface area contributed by atoms with Crippen LogP contribution in [0.1, 0.15) is 440 Å². The van der Waals surface area contributed by atoms with Crippen molar-refractivity contribution in [2.24, 2.45) is 11.8 Å². The maximum absolute atomic E-state index is 13.1. The second-order valence-corrected chi connectivity index (χ2v) is 33.3. The van der Waals surface area contributed by atoms with Crippen molar-refractivity contribution in [3.8, 4) is 0 Å². The van der Waals surface area contributed by atoms with E-state index in [-0.39, 0.29) is 25.7 Å². The SMILES string of the molecule is CCCCCCCCCCCCCCCCCC(=O)OC[C@H](COP(=O)(O)OC[C@@H](O)COP(=O)(O)OC[C@@H](COC(=O)CCCCCCCCC(C)CC)OC(=O)CCCCCCCCCCCCCCCCC)OC(=O)CCCCCCCCCCCCCCCCCCCCC(C)CC. The van der Waals surface area contributed by atoms with Crippen molar-refractivity contribution >= 4 is 39.5 Å². The molecule has 0 rings (SSSR count). The van der Waals surface area contributed by atoms with E-state index in [2.05, 4.69) is 41.5 Å². The summed E-state index contributed by atoms with van der Waals surface area (Å²) in [6, 6.07) is 0. The number of aliphatic hydroxyl groups excluding tert-OH is 1. The molecule has 7 atom stereocenters. The van der Waals surface area contributed by atoms with E-state index >= 15 is 0 Å². The molecule has 19 heteroatoms. The highest BCUT2D eigenvalue weighted by Gasteiger charge is 2.30. The molecular weight excluding hydrogens is 1330 g/mol. The minimum Gasteiger partial charge on any atom is -0.462 e. The van der Waals surface area contributed by atoms with Gasteiger partial charge in [0.1, 0.15) is 19.3 Å². The zero-order valence-corrected chi connectivity index (χ0v) is 68.7. The van der Waals surface area contributed by atoms with Crippen LogP contribution < -0.4 is 0 Å². The van der Waals surface area contributed by atoms with Gasteiger partial charge in [-0.3, -0.25) is 37.3 Å². The number of carbonyl (C=O) groups is 4. The highest BCUT2D eigenvalue weighted by Crippen LogP contribution is 2.45. The first-order valence-electron chi connectivity index (χ1n) is 43.1. The fraction of sp³-hybridized carbons (Fsp3) is 0.952. The number of hydrogen-bond acceptors (Lipinski definition) is 15. The van der Waals surface area contributed by atoms with Gasteiger partial charge in [-0.25, -0.2) is 9.13 Å². The Morgan fingerprint density at radius 2 is 0.471 bits per heavy atom. The molecule has 0 aliphatic heterocycles. The Hall–Kier alpha value is -1.94. The quantitative estimate of drug-likeness (QED) is 0.0222. The van der Waals surface area contributed by atoms with Gasteiger partial charge in [-0.05, 0) is 37.5 Å². The Balaban J connectivity index is 5.22. The molecule has 0 fully saturated rings. The van der Waals surface area contributed by atoms with Crippen molar-refractivity contribution in [2.75, 3.05) is 39.6 Å². The van der Waals surface area contributed by atoms with Crippen LogP contribution in [-0.2, 0) is 65.4 Å². The van der Waals surface area contributed by atoms with Crippen LogP contribution in [0.3, 0.4) is 0 Å². The fourth-order valence-corrected chi connectivity index (χ4v) is 14.4. The van der Waals surface area contributed by atoms with E-state index in [0.717, 1.165) is 108 Å². The second kappa shape index (κ2) is 74.5. The van der Waals surface area contributed by atoms with Crippen LogP contribution in [0.4, 0.5) is 0 Å². The molecule has 0 saturated carbocycles.